The van der Waals surface area contributed by atoms with Crippen LogP contribution in [-0.4, -0.2) is 21.9 Å². The molecule has 0 radical (unpaired) electrons. The van der Waals surface area contributed by atoms with Gasteiger partial charge in [-0.05, 0) is 73.2 Å². The Bertz CT molecular complexity index is 1480. The molecule has 0 aliphatic rings. The fourth-order valence-corrected chi connectivity index (χ4v) is 4.86. The largest absolute Gasteiger partial charge is 0.457 e. The number of carbonyl (C=O) groups excluding carboxylic acids is 2. The molecule has 2 aromatic heterocycles. The van der Waals surface area contributed by atoms with Gasteiger partial charge in [-0.1, -0.05) is 41.5 Å². The summed E-state index contributed by atoms with van der Waals surface area (Å²) in [6.45, 7) is 1.94. The Morgan fingerprint density at radius 2 is 1.94 bits per heavy atom. The summed E-state index contributed by atoms with van der Waals surface area (Å²) in [4.78, 5) is 28.5. The molecule has 7 nitrogen and oxygen atoms in total. The molecule has 0 saturated heterocycles. The summed E-state index contributed by atoms with van der Waals surface area (Å²) in [5.41, 5.74) is 2.14. The van der Waals surface area contributed by atoms with Crippen molar-refractivity contribution in [2.75, 3.05) is 10.6 Å². The van der Waals surface area contributed by atoms with E-state index in [1.54, 1.807) is 36.4 Å². The molecule has 184 valence electrons. The lowest BCUT2D eigenvalue weighted by molar-refractivity contribution is -0.116. The van der Waals surface area contributed by atoms with Crippen molar-refractivity contribution in [3.8, 4) is 11.3 Å². The van der Waals surface area contributed by atoms with E-state index >= 15 is 0 Å². The summed E-state index contributed by atoms with van der Waals surface area (Å²) in [6.07, 6.45) is 4.06. The topological polar surface area (TPSA) is 96.3 Å². The molecular formula is C25H20Cl2N4O3S2. The van der Waals surface area contributed by atoms with Crippen molar-refractivity contribution in [1.29, 1.82) is 0 Å². The van der Waals surface area contributed by atoms with E-state index in [0.717, 1.165) is 16.6 Å². The number of thiocarbonyl (C=S) groups is 1. The average Bonchev–Trinajstić information content (AvgIpc) is 3.44. The zero-order valence-electron chi connectivity index (χ0n) is 18.9. The maximum absolute atomic E-state index is 12.3. The smallest absolute Gasteiger partial charge is 0.250 e. The van der Waals surface area contributed by atoms with Crippen molar-refractivity contribution in [1.82, 2.24) is 10.3 Å². The Labute approximate surface area is 226 Å². The predicted molar refractivity (Wildman–Crippen MR) is 151 cm³/mol. The molecule has 4 rings (SSSR count). The number of fused-ring (bicyclic) bond motifs is 1. The second kappa shape index (κ2) is 11.7. The number of rotatable bonds is 7. The van der Waals surface area contributed by atoms with Gasteiger partial charge in [0.15, 0.2) is 10.2 Å². The van der Waals surface area contributed by atoms with Crippen molar-refractivity contribution in [2.24, 2.45) is 0 Å². The van der Waals surface area contributed by atoms with E-state index in [0.29, 0.717) is 44.4 Å². The van der Waals surface area contributed by atoms with Gasteiger partial charge in [-0.25, -0.2) is 4.98 Å². The molecule has 2 heterocycles. The van der Waals surface area contributed by atoms with Gasteiger partial charge >= 0.3 is 0 Å². The molecular weight excluding hydrogens is 539 g/mol. The highest BCUT2D eigenvalue weighted by atomic mass is 35.5. The Morgan fingerprint density at radius 1 is 1.11 bits per heavy atom. The Kier molecular flexibility index (Phi) is 8.37. The molecule has 3 N–H and O–H groups in total. The van der Waals surface area contributed by atoms with Gasteiger partial charge in [0.2, 0.25) is 11.8 Å². The molecule has 0 bridgehead atoms. The summed E-state index contributed by atoms with van der Waals surface area (Å²) in [5, 5.41) is 10.1. The first-order chi connectivity index (χ1) is 17.3. The molecule has 0 spiro atoms. The van der Waals surface area contributed by atoms with E-state index in [1.165, 1.54) is 23.5 Å². The zero-order chi connectivity index (χ0) is 25.7. The van der Waals surface area contributed by atoms with Gasteiger partial charge in [0.25, 0.3) is 0 Å². The maximum atomic E-state index is 12.3. The first-order valence-electron chi connectivity index (χ1n) is 10.9. The number of anilines is 2. The van der Waals surface area contributed by atoms with E-state index < -0.39 is 5.91 Å². The number of carbonyl (C=O) groups is 2. The highest BCUT2D eigenvalue weighted by Crippen LogP contribution is 2.32. The second-order valence-electron chi connectivity index (χ2n) is 7.60. The van der Waals surface area contributed by atoms with Gasteiger partial charge in [0, 0.05) is 28.8 Å². The van der Waals surface area contributed by atoms with Crippen molar-refractivity contribution in [3.05, 3.63) is 70.4 Å². The maximum Gasteiger partial charge on any atom is 0.250 e. The average molecular weight is 560 g/mol. The van der Waals surface area contributed by atoms with Crippen LogP contribution in [0.3, 0.4) is 0 Å². The van der Waals surface area contributed by atoms with Crippen LogP contribution in [-0.2, 0) is 9.59 Å². The molecule has 36 heavy (non-hydrogen) atoms. The third-order valence-electron chi connectivity index (χ3n) is 4.83. The Balaban J connectivity index is 1.33. The molecule has 2 aromatic carbocycles. The van der Waals surface area contributed by atoms with E-state index in [2.05, 4.69) is 20.9 Å². The van der Waals surface area contributed by atoms with Crippen molar-refractivity contribution >= 4 is 90.8 Å². The third kappa shape index (κ3) is 6.70. The van der Waals surface area contributed by atoms with Gasteiger partial charge in [-0.15, -0.1) is 0 Å². The zero-order valence-corrected chi connectivity index (χ0v) is 22.1. The molecule has 4 aromatic rings. The second-order valence-corrected chi connectivity index (χ2v) is 9.89. The van der Waals surface area contributed by atoms with Gasteiger partial charge in [0.1, 0.15) is 11.5 Å². The monoisotopic (exact) mass is 558 g/mol. The SMILES string of the molecule is CCCC(=O)Nc1nc2ccc(NC(=S)NC(=O)C=Cc3ccc(-c4ccc(Cl)cc4Cl)o3)cc2s1. The van der Waals surface area contributed by atoms with Gasteiger partial charge in [-0.2, -0.15) is 0 Å². The number of hydrogen-bond acceptors (Lipinski definition) is 6. The number of furan rings is 1. The van der Waals surface area contributed by atoms with Crippen molar-refractivity contribution in [3.63, 3.8) is 0 Å². The van der Waals surface area contributed by atoms with E-state index in [1.807, 2.05) is 19.1 Å². The summed E-state index contributed by atoms with van der Waals surface area (Å²) in [7, 11) is 0. The molecule has 0 saturated carbocycles. The van der Waals surface area contributed by atoms with Gasteiger partial charge in [0.05, 0.1) is 15.2 Å². The standard InChI is InChI=1S/C25H20Cl2N4O3S2/c1-2-3-22(32)31-25-29-19-9-5-15(13-21(19)36-25)28-24(35)30-23(33)11-7-16-6-10-20(34-16)17-8-4-14(26)12-18(17)27/h4-13H,2-3H2,1H3,(H,29,31,32)(H2,28,30,33,35). The molecule has 2 amide bonds. The lowest BCUT2D eigenvalue weighted by Crippen LogP contribution is -2.32. The number of nitrogens with one attached hydrogen (secondary N) is 3. The normalized spacial score (nSPS) is 11.1. The van der Waals surface area contributed by atoms with E-state index in [-0.39, 0.29) is 11.0 Å². The third-order valence-corrected chi connectivity index (χ3v) is 6.51. The molecule has 0 fully saturated rings. The predicted octanol–water partition coefficient (Wildman–Crippen LogP) is 7.13. The summed E-state index contributed by atoms with van der Waals surface area (Å²) in [6, 6.07) is 14.1. The van der Waals surface area contributed by atoms with E-state index in [9.17, 15) is 9.59 Å². The van der Waals surface area contributed by atoms with Crippen LogP contribution in [0.15, 0.2) is 59.0 Å². The minimum Gasteiger partial charge on any atom is -0.457 e. The number of nitrogens with zero attached hydrogens (tertiary/aromatic N) is 1. The fourth-order valence-electron chi connectivity index (χ4n) is 3.21. The van der Waals surface area contributed by atoms with Gasteiger partial charge < -0.3 is 15.1 Å². The highest BCUT2D eigenvalue weighted by Gasteiger charge is 2.10. The van der Waals surface area contributed by atoms with E-state index in [4.69, 9.17) is 39.8 Å². The minimum absolute atomic E-state index is 0.0635. The van der Waals surface area contributed by atoms with Crippen LogP contribution in [0.4, 0.5) is 10.8 Å². The first kappa shape index (κ1) is 25.8. The van der Waals surface area contributed by atoms with Crippen LogP contribution < -0.4 is 16.0 Å². The summed E-state index contributed by atoms with van der Waals surface area (Å²) < 4.78 is 6.62. The molecule has 0 atom stereocenters. The molecule has 0 aliphatic carbocycles. The number of halogens is 2. The van der Waals surface area contributed by atoms with Crippen LogP contribution in [0.25, 0.3) is 27.6 Å². The number of hydrogen-bond donors (Lipinski definition) is 3. The number of amides is 2. The quantitative estimate of drug-likeness (QED) is 0.165. The number of benzene rings is 2. The first-order valence-corrected chi connectivity index (χ1v) is 12.8. The minimum atomic E-state index is -0.422. The van der Waals surface area contributed by atoms with Crippen LogP contribution in [0.2, 0.25) is 10.0 Å². The summed E-state index contributed by atoms with van der Waals surface area (Å²) >= 11 is 18.8. The molecule has 11 heteroatoms. The number of aromatic nitrogens is 1. The van der Waals surface area contributed by atoms with Crippen LogP contribution in [0, 0.1) is 0 Å². The molecule has 0 unspecified atom stereocenters. The van der Waals surface area contributed by atoms with Crippen LogP contribution >= 0.6 is 46.8 Å². The lowest BCUT2D eigenvalue weighted by atomic mass is 10.2. The fraction of sp³-hybridized carbons (Fsp3) is 0.120. The van der Waals surface area contributed by atoms with Crippen molar-refractivity contribution in [2.45, 2.75) is 19.8 Å². The van der Waals surface area contributed by atoms with Gasteiger partial charge in [-0.3, -0.25) is 14.9 Å². The molecule has 0 aliphatic heterocycles. The van der Waals surface area contributed by atoms with Crippen molar-refractivity contribution < 1.29 is 14.0 Å². The highest BCUT2D eigenvalue weighted by molar-refractivity contribution is 7.80. The summed E-state index contributed by atoms with van der Waals surface area (Å²) in [5.74, 6) is 0.546. The Morgan fingerprint density at radius 3 is 2.72 bits per heavy atom. The lowest BCUT2D eigenvalue weighted by Gasteiger charge is -2.07. The van der Waals surface area contributed by atoms with Crippen LogP contribution in [0.1, 0.15) is 25.5 Å². The van der Waals surface area contributed by atoms with Crippen LogP contribution in [0.5, 0.6) is 0 Å². The number of thiazole rings is 1. The Hall–Kier alpha value is -3.24.